The third-order valence-corrected chi connectivity index (χ3v) is 4.03. The highest BCUT2D eigenvalue weighted by Crippen LogP contribution is 2.27. The van der Waals surface area contributed by atoms with Gasteiger partial charge >= 0.3 is 5.97 Å². The number of hydrogen-bond acceptors (Lipinski definition) is 3. The summed E-state index contributed by atoms with van der Waals surface area (Å²) in [6.45, 7) is 5.43. The lowest BCUT2D eigenvalue weighted by Crippen LogP contribution is -2.44. The first-order chi connectivity index (χ1) is 10.0. The number of likely N-dealkylation sites (N-methyl/N-ethyl adjacent to an activating group) is 1. The minimum atomic E-state index is -0.833. The summed E-state index contributed by atoms with van der Waals surface area (Å²) >= 11 is 0. The minimum absolute atomic E-state index is 0.0408. The highest BCUT2D eigenvalue weighted by molar-refractivity contribution is 5.96. The summed E-state index contributed by atoms with van der Waals surface area (Å²) in [5.41, 5.74) is 2.19. The van der Waals surface area contributed by atoms with Crippen molar-refractivity contribution in [2.45, 2.75) is 32.7 Å². The predicted molar refractivity (Wildman–Crippen MR) is 81.5 cm³/mol. The van der Waals surface area contributed by atoms with E-state index in [-0.39, 0.29) is 24.9 Å². The van der Waals surface area contributed by atoms with E-state index >= 15 is 0 Å². The molecular weight excluding hydrogens is 268 g/mol. The number of carboxylic acid groups (broad SMARTS) is 1. The van der Waals surface area contributed by atoms with Crippen LogP contribution in [0.2, 0.25) is 0 Å². The number of amides is 1. The van der Waals surface area contributed by atoms with Gasteiger partial charge in [-0.3, -0.25) is 14.5 Å². The lowest BCUT2D eigenvalue weighted by Gasteiger charge is -2.28. The minimum Gasteiger partial charge on any atom is -0.481 e. The number of aliphatic carboxylic acids is 1. The fourth-order valence-corrected chi connectivity index (χ4v) is 2.82. The highest BCUT2D eigenvalue weighted by Gasteiger charge is 2.26. The Labute approximate surface area is 125 Å². The molecule has 1 aliphatic heterocycles. The molecule has 21 heavy (non-hydrogen) atoms. The fourth-order valence-electron chi connectivity index (χ4n) is 2.82. The average molecular weight is 290 g/mol. The molecule has 114 valence electrons. The molecule has 0 spiro atoms. The van der Waals surface area contributed by atoms with Crippen LogP contribution in [0, 0.1) is 0 Å². The molecule has 1 aromatic carbocycles. The first kappa shape index (κ1) is 15.5. The number of nitrogens with zero attached hydrogens (tertiary/aromatic N) is 2. The molecule has 0 aliphatic carbocycles. The Morgan fingerprint density at radius 2 is 2.10 bits per heavy atom. The number of para-hydroxylation sites is 1. The van der Waals surface area contributed by atoms with Crippen LogP contribution >= 0.6 is 0 Å². The van der Waals surface area contributed by atoms with Crippen molar-refractivity contribution in [2.75, 3.05) is 24.5 Å². The maximum atomic E-state index is 12.5. The van der Waals surface area contributed by atoms with E-state index in [1.807, 2.05) is 47.9 Å². The lowest BCUT2D eigenvalue weighted by atomic mass is 10.2. The predicted octanol–water partition coefficient (Wildman–Crippen LogP) is 1.76. The van der Waals surface area contributed by atoms with Gasteiger partial charge in [-0.25, -0.2) is 0 Å². The molecule has 0 radical (unpaired) electrons. The van der Waals surface area contributed by atoms with E-state index in [1.165, 1.54) is 5.56 Å². The zero-order valence-corrected chi connectivity index (χ0v) is 12.6. The van der Waals surface area contributed by atoms with Gasteiger partial charge in [0.15, 0.2) is 0 Å². The van der Waals surface area contributed by atoms with Gasteiger partial charge in [0.2, 0.25) is 5.91 Å². The molecule has 0 aromatic heterocycles. The van der Waals surface area contributed by atoms with E-state index in [9.17, 15) is 9.59 Å². The van der Waals surface area contributed by atoms with E-state index in [1.54, 1.807) is 0 Å². The Hall–Kier alpha value is -1.88. The molecular formula is C16H22N2O3. The van der Waals surface area contributed by atoms with Crippen LogP contribution in [0.4, 0.5) is 5.69 Å². The highest BCUT2D eigenvalue weighted by atomic mass is 16.4. The van der Waals surface area contributed by atoms with Crippen LogP contribution in [0.15, 0.2) is 24.3 Å². The van der Waals surface area contributed by atoms with Gasteiger partial charge in [-0.15, -0.1) is 0 Å². The lowest BCUT2D eigenvalue weighted by molar-refractivity contribution is -0.138. The summed E-state index contributed by atoms with van der Waals surface area (Å²) < 4.78 is 0. The van der Waals surface area contributed by atoms with Crippen LogP contribution in [0.3, 0.4) is 0 Å². The molecule has 1 atom stereocenters. The maximum absolute atomic E-state index is 12.5. The van der Waals surface area contributed by atoms with Crippen molar-refractivity contribution < 1.29 is 14.7 Å². The molecule has 2 rings (SSSR count). The van der Waals surface area contributed by atoms with Crippen LogP contribution in [-0.4, -0.2) is 47.6 Å². The van der Waals surface area contributed by atoms with Gasteiger partial charge in [0.25, 0.3) is 0 Å². The third kappa shape index (κ3) is 3.61. The molecule has 1 N–H and O–H groups in total. The molecule has 1 aromatic rings. The Morgan fingerprint density at radius 3 is 2.76 bits per heavy atom. The second-order valence-corrected chi connectivity index (χ2v) is 5.43. The molecule has 0 saturated carbocycles. The largest absolute Gasteiger partial charge is 0.481 e. The molecule has 0 fully saturated rings. The van der Waals surface area contributed by atoms with Crippen molar-refractivity contribution in [3.8, 4) is 0 Å². The zero-order chi connectivity index (χ0) is 15.4. The summed E-state index contributed by atoms with van der Waals surface area (Å²) in [7, 11) is 0. The maximum Gasteiger partial charge on any atom is 0.304 e. The summed E-state index contributed by atoms with van der Waals surface area (Å²) in [5, 5.41) is 8.88. The Balaban J connectivity index is 2.02. The van der Waals surface area contributed by atoms with Crippen molar-refractivity contribution in [3.63, 3.8) is 0 Å². The number of carbonyl (C=O) groups is 2. The monoisotopic (exact) mass is 290 g/mol. The number of benzene rings is 1. The standard InChI is InChI=1S/C16H22N2O3/c1-3-17(12(2)10-16(20)21)11-15(19)18-9-8-13-6-4-5-7-14(13)18/h4-7,12H,3,8-11H2,1-2H3,(H,20,21). The van der Waals surface area contributed by atoms with E-state index in [4.69, 9.17) is 5.11 Å². The van der Waals surface area contributed by atoms with E-state index < -0.39 is 5.97 Å². The molecule has 0 bridgehead atoms. The molecule has 1 heterocycles. The van der Waals surface area contributed by atoms with Gasteiger partial charge in [0, 0.05) is 18.3 Å². The van der Waals surface area contributed by atoms with Crippen LogP contribution in [-0.2, 0) is 16.0 Å². The number of hydrogen-bond donors (Lipinski definition) is 1. The van der Waals surface area contributed by atoms with Crippen LogP contribution < -0.4 is 4.90 Å². The van der Waals surface area contributed by atoms with Gasteiger partial charge < -0.3 is 10.0 Å². The summed E-state index contributed by atoms with van der Waals surface area (Å²) in [6, 6.07) is 7.80. The summed E-state index contributed by atoms with van der Waals surface area (Å²) in [5.74, 6) is -0.793. The smallest absolute Gasteiger partial charge is 0.304 e. The summed E-state index contributed by atoms with van der Waals surface area (Å²) in [6.07, 6.45) is 0.941. The van der Waals surface area contributed by atoms with Crippen molar-refractivity contribution in [3.05, 3.63) is 29.8 Å². The molecule has 0 saturated heterocycles. The first-order valence-corrected chi connectivity index (χ1v) is 7.37. The van der Waals surface area contributed by atoms with E-state index in [0.29, 0.717) is 13.1 Å². The SMILES string of the molecule is CCN(CC(=O)N1CCc2ccccc21)C(C)CC(=O)O. The van der Waals surface area contributed by atoms with Crippen molar-refractivity contribution in [1.29, 1.82) is 0 Å². The molecule has 5 heteroatoms. The molecule has 5 nitrogen and oxygen atoms in total. The van der Waals surface area contributed by atoms with Gasteiger partial charge in [0.05, 0.1) is 13.0 Å². The zero-order valence-electron chi connectivity index (χ0n) is 12.6. The van der Waals surface area contributed by atoms with E-state index in [0.717, 1.165) is 12.1 Å². The molecule has 1 amide bonds. The normalized spacial score (nSPS) is 15.1. The number of fused-ring (bicyclic) bond motifs is 1. The second kappa shape index (κ2) is 6.72. The van der Waals surface area contributed by atoms with Crippen LogP contribution in [0.5, 0.6) is 0 Å². The Bertz CT molecular complexity index is 530. The van der Waals surface area contributed by atoms with Crippen molar-refractivity contribution >= 4 is 17.6 Å². The van der Waals surface area contributed by atoms with E-state index in [2.05, 4.69) is 0 Å². The quantitative estimate of drug-likeness (QED) is 0.867. The Kier molecular flexibility index (Phi) is 4.96. The van der Waals surface area contributed by atoms with Gasteiger partial charge in [-0.1, -0.05) is 25.1 Å². The van der Waals surface area contributed by atoms with Gasteiger partial charge in [0.1, 0.15) is 0 Å². The third-order valence-electron chi connectivity index (χ3n) is 4.03. The van der Waals surface area contributed by atoms with Crippen LogP contribution in [0.1, 0.15) is 25.8 Å². The first-order valence-electron chi connectivity index (χ1n) is 7.37. The van der Waals surface area contributed by atoms with Crippen molar-refractivity contribution in [2.24, 2.45) is 0 Å². The van der Waals surface area contributed by atoms with Gasteiger partial charge in [-0.2, -0.15) is 0 Å². The number of carbonyl (C=O) groups excluding carboxylic acids is 1. The fraction of sp³-hybridized carbons (Fsp3) is 0.500. The van der Waals surface area contributed by atoms with Gasteiger partial charge in [-0.05, 0) is 31.5 Å². The average Bonchev–Trinajstić information content (AvgIpc) is 2.87. The molecule has 1 aliphatic rings. The topological polar surface area (TPSA) is 60.9 Å². The summed E-state index contributed by atoms with van der Waals surface area (Å²) in [4.78, 5) is 27.0. The number of rotatable bonds is 6. The van der Waals surface area contributed by atoms with Crippen LogP contribution in [0.25, 0.3) is 0 Å². The Morgan fingerprint density at radius 1 is 1.38 bits per heavy atom. The second-order valence-electron chi connectivity index (χ2n) is 5.43. The number of carboxylic acids is 1. The van der Waals surface area contributed by atoms with Crippen molar-refractivity contribution in [1.82, 2.24) is 4.90 Å². The molecule has 1 unspecified atom stereocenters. The number of anilines is 1.